The average Bonchev–Trinajstić information content (AvgIpc) is 3.17. The number of ether oxygens (including phenoxy) is 2. The fourth-order valence-corrected chi connectivity index (χ4v) is 6.40. The van der Waals surface area contributed by atoms with Crippen LogP contribution in [0, 0.1) is 5.92 Å². The van der Waals surface area contributed by atoms with Crippen LogP contribution in [0.25, 0.3) is 0 Å². The summed E-state index contributed by atoms with van der Waals surface area (Å²) in [6.07, 6.45) is 0. The van der Waals surface area contributed by atoms with E-state index in [1.54, 1.807) is 43.5 Å². The van der Waals surface area contributed by atoms with Gasteiger partial charge in [-0.25, -0.2) is 4.79 Å². The Balaban J connectivity index is 1.83. The summed E-state index contributed by atoms with van der Waals surface area (Å²) in [5.74, 6) is -2.11. The van der Waals surface area contributed by atoms with Crippen molar-refractivity contribution in [2.45, 2.75) is 16.2 Å². The van der Waals surface area contributed by atoms with E-state index < -0.39 is 29.0 Å². The maximum atomic E-state index is 12.5. The monoisotopic (exact) mass is 457 g/mol. The van der Waals surface area contributed by atoms with Crippen LogP contribution in [0.4, 0.5) is 0 Å². The van der Waals surface area contributed by atoms with E-state index >= 15 is 0 Å². The van der Waals surface area contributed by atoms with E-state index in [9.17, 15) is 19.5 Å². The number of carboxylic acids is 1. The van der Waals surface area contributed by atoms with E-state index in [-0.39, 0.29) is 4.87 Å². The second-order valence-electron chi connectivity index (χ2n) is 6.97. The standard InChI is InChI=1S/C22H19NO6S2/c1-28-14-9-7-12(8-10-14)17-16(20(24)25)15(18-19(30-17)23-22(27)31-18)11-3-5-13(6-4-11)21(26)29-2/h3-10,15-17H,1-2H3,(H,23,27)(H,24,25)/t15-,16+,17-/m0/s1. The zero-order chi connectivity index (χ0) is 22.1. The van der Waals surface area contributed by atoms with Crippen LogP contribution in [0.15, 0.2) is 58.4 Å². The lowest BCUT2D eigenvalue weighted by Crippen LogP contribution is -2.30. The number of aliphatic carboxylic acids is 1. The Morgan fingerprint density at radius 2 is 1.65 bits per heavy atom. The molecule has 1 aliphatic heterocycles. The number of hydrogen-bond acceptors (Lipinski definition) is 7. The number of fused-ring (bicyclic) bond motifs is 1. The topological polar surface area (TPSA) is 106 Å². The molecule has 0 unspecified atom stereocenters. The number of hydrogen-bond donors (Lipinski definition) is 2. The summed E-state index contributed by atoms with van der Waals surface area (Å²) >= 11 is 2.38. The number of esters is 1. The number of thioether (sulfide) groups is 1. The van der Waals surface area contributed by atoms with Crippen LogP contribution < -0.4 is 9.61 Å². The van der Waals surface area contributed by atoms with Gasteiger partial charge >= 0.3 is 16.8 Å². The molecule has 0 saturated carbocycles. The molecule has 4 rings (SSSR count). The third kappa shape index (κ3) is 3.98. The van der Waals surface area contributed by atoms with Gasteiger partial charge < -0.3 is 19.6 Å². The lowest BCUT2D eigenvalue weighted by Gasteiger charge is -2.35. The van der Waals surface area contributed by atoms with Crippen molar-refractivity contribution in [2.24, 2.45) is 5.92 Å². The highest BCUT2D eigenvalue weighted by molar-refractivity contribution is 7.99. The summed E-state index contributed by atoms with van der Waals surface area (Å²) in [5, 5.41) is 10.5. The van der Waals surface area contributed by atoms with Crippen LogP contribution in [-0.2, 0) is 9.53 Å². The van der Waals surface area contributed by atoms with Crippen molar-refractivity contribution in [3.63, 3.8) is 0 Å². The molecule has 2 aromatic carbocycles. The highest BCUT2D eigenvalue weighted by atomic mass is 32.2. The lowest BCUT2D eigenvalue weighted by molar-refractivity contribution is -0.142. The quantitative estimate of drug-likeness (QED) is 0.560. The van der Waals surface area contributed by atoms with Crippen molar-refractivity contribution in [2.75, 3.05) is 14.2 Å². The van der Waals surface area contributed by atoms with Gasteiger partial charge in [0.25, 0.3) is 0 Å². The Bertz CT molecular complexity index is 1170. The van der Waals surface area contributed by atoms with Gasteiger partial charge in [-0.3, -0.25) is 9.59 Å². The first kappa shape index (κ1) is 21.2. The number of benzene rings is 2. The molecule has 9 heteroatoms. The molecule has 1 aromatic heterocycles. The number of carboxylic acid groups (broad SMARTS) is 1. The Morgan fingerprint density at radius 3 is 2.23 bits per heavy atom. The molecule has 2 heterocycles. The Kier molecular flexibility index (Phi) is 5.88. The van der Waals surface area contributed by atoms with Crippen LogP contribution in [-0.4, -0.2) is 36.2 Å². The van der Waals surface area contributed by atoms with Crippen molar-refractivity contribution < 1.29 is 24.2 Å². The first-order valence-electron chi connectivity index (χ1n) is 9.37. The van der Waals surface area contributed by atoms with Crippen LogP contribution in [0.3, 0.4) is 0 Å². The summed E-state index contributed by atoms with van der Waals surface area (Å²) in [5.41, 5.74) is 1.92. The largest absolute Gasteiger partial charge is 0.497 e. The zero-order valence-corrected chi connectivity index (χ0v) is 18.3. The second kappa shape index (κ2) is 8.60. The second-order valence-corrected chi connectivity index (χ2v) is 9.14. The van der Waals surface area contributed by atoms with Crippen molar-refractivity contribution >= 4 is 35.0 Å². The van der Waals surface area contributed by atoms with Gasteiger partial charge in [-0.2, -0.15) is 0 Å². The molecule has 160 valence electrons. The molecule has 0 bridgehead atoms. The van der Waals surface area contributed by atoms with E-state index in [4.69, 9.17) is 9.47 Å². The highest BCUT2D eigenvalue weighted by Gasteiger charge is 2.45. The highest BCUT2D eigenvalue weighted by Crippen LogP contribution is 2.55. The summed E-state index contributed by atoms with van der Waals surface area (Å²) in [6.45, 7) is 0. The van der Waals surface area contributed by atoms with E-state index in [2.05, 4.69) is 4.98 Å². The molecule has 0 saturated heterocycles. The van der Waals surface area contributed by atoms with Gasteiger partial charge in [-0.1, -0.05) is 47.4 Å². The number of carbonyl (C=O) groups excluding carboxylic acids is 1. The molecule has 0 fully saturated rings. The molecule has 7 nitrogen and oxygen atoms in total. The fraction of sp³-hybridized carbons (Fsp3) is 0.227. The number of methoxy groups -OCH3 is 2. The van der Waals surface area contributed by atoms with Gasteiger partial charge in [-0.05, 0) is 35.4 Å². The third-order valence-corrected chi connectivity index (χ3v) is 7.75. The first-order chi connectivity index (χ1) is 14.9. The number of thiazole rings is 1. The number of nitrogens with one attached hydrogen (secondary N) is 1. The number of aromatic nitrogens is 1. The lowest BCUT2D eigenvalue weighted by atomic mass is 9.80. The van der Waals surface area contributed by atoms with Crippen LogP contribution in [0.2, 0.25) is 0 Å². The molecular formula is C22H19NO6S2. The number of H-pyrrole nitrogens is 1. The Morgan fingerprint density at radius 1 is 1.00 bits per heavy atom. The van der Waals surface area contributed by atoms with E-state index in [0.29, 0.717) is 21.2 Å². The zero-order valence-electron chi connectivity index (χ0n) is 16.7. The summed E-state index contributed by atoms with van der Waals surface area (Å²) in [6, 6.07) is 13.9. The Labute approximate surface area is 186 Å². The van der Waals surface area contributed by atoms with E-state index in [1.807, 2.05) is 12.1 Å². The van der Waals surface area contributed by atoms with E-state index in [0.717, 1.165) is 22.5 Å². The van der Waals surface area contributed by atoms with Crippen molar-refractivity contribution in [3.05, 3.63) is 79.8 Å². The molecular weight excluding hydrogens is 438 g/mol. The van der Waals surface area contributed by atoms with E-state index in [1.165, 1.54) is 18.9 Å². The molecule has 0 aliphatic carbocycles. The predicted octanol–water partition coefficient (Wildman–Crippen LogP) is 3.91. The minimum atomic E-state index is -0.957. The maximum Gasteiger partial charge on any atom is 0.337 e. The fourth-order valence-electron chi connectivity index (χ4n) is 3.80. The van der Waals surface area contributed by atoms with Crippen LogP contribution in [0.1, 0.15) is 37.5 Å². The molecule has 0 radical (unpaired) electrons. The smallest absolute Gasteiger partial charge is 0.337 e. The summed E-state index contributed by atoms with van der Waals surface area (Å²) in [4.78, 5) is 39.7. The normalized spacial score (nSPS) is 20.0. The van der Waals surface area contributed by atoms with Crippen LogP contribution >= 0.6 is 23.1 Å². The third-order valence-electron chi connectivity index (χ3n) is 5.27. The first-order valence-corrected chi connectivity index (χ1v) is 11.1. The van der Waals surface area contributed by atoms with Gasteiger partial charge in [0.05, 0.1) is 36.0 Å². The number of rotatable bonds is 5. The van der Waals surface area contributed by atoms with Gasteiger partial charge in [0.2, 0.25) is 0 Å². The van der Waals surface area contributed by atoms with Crippen molar-refractivity contribution in [1.29, 1.82) is 0 Å². The van der Waals surface area contributed by atoms with Crippen molar-refractivity contribution in [3.8, 4) is 5.75 Å². The number of aromatic amines is 1. The molecule has 0 amide bonds. The van der Waals surface area contributed by atoms with Crippen molar-refractivity contribution in [1.82, 2.24) is 4.98 Å². The SMILES string of the molecule is COC(=O)c1ccc([C@@H]2c3sc(=O)[nH]c3S[C@@H](c3ccc(OC)cc3)[C@@H]2C(=O)O)cc1. The van der Waals surface area contributed by atoms with Gasteiger partial charge in [0, 0.05) is 10.8 Å². The molecule has 31 heavy (non-hydrogen) atoms. The minimum Gasteiger partial charge on any atom is -0.497 e. The molecule has 1 aliphatic rings. The molecule has 3 atom stereocenters. The summed E-state index contributed by atoms with van der Waals surface area (Å²) in [7, 11) is 2.87. The Hall–Kier alpha value is -3.04. The average molecular weight is 458 g/mol. The van der Waals surface area contributed by atoms with Gasteiger partial charge in [0.1, 0.15) is 5.75 Å². The molecule has 3 aromatic rings. The number of carbonyl (C=O) groups is 2. The van der Waals surface area contributed by atoms with Crippen LogP contribution in [0.5, 0.6) is 5.75 Å². The maximum absolute atomic E-state index is 12.5. The summed E-state index contributed by atoms with van der Waals surface area (Å²) < 4.78 is 9.96. The molecule has 2 N–H and O–H groups in total. The van der Waals surface area contributed by atoms with Gasteiger partial charge in [-0.15, -0.1) is 0 Å². The van der Waals surface area contributed by atoms with Gasteiger partial charge in [0.15, 0.2) is 0 Å². The molecule has 0 spiro atoms. The minimum absolute atomic E-state index is 0.229. The predicted molar refractivity (Wildman–Crippen MR) is 117 cm³/mol.